The molecule has 0 spiro atoms. The van der Waals surface area contributed by atoms with Gasteiger partial charge in [-0.1, -0.05) is 12.1 Å². The van der Waals surface area contributed by atoms with E-state index >= 15 is 0 Å². The number of carbonyl (C=O) groups excluding carboxylic acids is 1. The Morgan fingerprint density at radius 2 is 1.91 bits per heavy atom. The highest BCUT2D eigenvalue weighted by molar-refractivity contribution is 9.10. The fraction of sp³-hybridized carbons (Fsp3) is 0.409. The van der Waals surface area contributed by atoms with Crippen molar-refractivity contribution in [3.8, 4) is 0 Å². The first-order valence-electron chi connectivity index (χ1n) is 10.4. The Morgan fingerprint density at radius 3 is 2.48 bits per heavy atom. The number of nitrogens with one attached hydrogen (secondary N) is 1. The average Bonchev–Trinajstić information content (AvgIpc) is 3.47. The highest BCUT2D eigenvalue weighted by Crippen LogP contribution is 2.47. The minimum absolute atomic E-state index is 0.0263. The van der Waals surface area contributed by atoms with Gasteiger partial charge < -0.3 is 5.32 Å². The number of aryl methyl sites for hydroxylation is 1. The lowest BCUT2D eigenvalue weighted by molar-refractivity contribution is -0.142. The van der Waals surface area contributed by atoms with Crippen molar-refractivity contribution in [2.24, 2.45) is 0 Å². The summed E-state index contributed by atoms with van der Waals surface area (Å²) < 4.78 is 44.1. The number of aromatic nitrogens is 4. The van der Waals surface area contributed by atoms with Crippen LogP contribution >= 0.6 is 31.9 Å². The third kappa shape index (κ3) is 4.89. The summed E-state index contributed by atoms with van der Waals surface area (Å²) in [5.74, 6) is -0.465. The van der Waals surface area contributed by atoms with Crippen LogP contribution in [0, 0.1) is 13.8 Å². The van der Waals surface area contributed by atoms with E-state index < -0.39 is 23.8 Å². The van der Waals surface area contributed by atoms with E-state index in [0.29, 0.717) is 17.9 Å². The van der Waals surface area contributed by atoms with Crippen molar-refractivity contribution in [3.05, 3.63) is 61.6 Å². The molecule has 176 valence electrons. The smallest absolute Gasteiger partial charge is 0.324 e. The van der Waals surface area contributed by atoms with Crippen LogP contribution in [0.25, 0.3) is 0 Å². The first-order valence-corrected chi connectivity index (χ1v) is 12.0. The molecule has 2 heterocycles. The maximum Gasteiger partial charge on any atom is 0.436 e. The summed E-state index contributed by atoms with van der Waals surface area (Å²) in [6.07, 6.45) is -3.04. The molecule has 0 radical (unpaired) electrons. The molecule has 0 aliphatic heterocycles. The topological polar surface area (TPSA) is 64.7 Å². The fourth-order valence-corrected chi connectivity index (χ4v) is 4.83. The zero-order valence-corrected chi connectivity index (χ0v) is 21.3. The molecule has 11 heteroatoms. The van der Waals surface area contributed by atoms with Crippen LogP contribution < -0.4 is 5.32 Å². The van der Waals surface area contributed by atoms with Crippen molar-refractivity contribution >= 4 is 43.5 Å². The number of halogens is 5. The first kappa shape index (κ1) is 24.0. The largest absolute Gasteiger partial charge is 0.436 e. The summed E-state index contributed by atoms with van der Waals surface area (Å²) in [6.45, 7) is 5.95. The second-order valence-corrected chi connectivity index (χ2v) is 9.86. The molecule has 0 saturated heterocycles. The summed E-state index contributed by atoms with van der Waals surface area (Å²) in [6, 6.07) is 6.40. The SMILES string of the molecule is Cc1nn(Cc2cccc(NC(=O)C(C)n3nc(C(F)(F)F)c(Br)c3C3CC3)c2)c(C)c1Br. The summed E-state index contributed by atoms with van der Waals surface area (Å²) >= 11 is 6.59. The Labute approximate surface area is 205 Å². The normalized spacial score (nSPS) is 15.0. The lowest BCUT2D eigenvalue weighted by Gasteiger charge is -2.16. The van der Waals surface area contributed by atoms with Crippen molar-refractivity contribution < 1.29 is 18.0 Å². The second-order valence-electron chi connectivity index (χ2n) is 8.27. The second kappa shape index (κ2) is 8.90. The molecule has 1 aromatic carbocycles. The molecule has 1 aliphatic carbocycles. The van der Waals surface area contributed by atoms with E-state index in [2.05, 4.69) is 47.4 Å². The summed E-state index contributed by atoms with van der Waals surface area (Å²) in [5.41, 5.74) is 2.79. The molecule has 2 aromatic heterocycles. The molecule has 0 bridgehead atoms. The van der Waals surface area contributed by atoms with E-state index in [1.165, 1.54) is 4.68 Å². The number of benzene rings is 1. The van der Waals surface area contributed by atoms with Crippen LogP contribution in [0.1, 0.15) is 60.1 Å². The van der Waals surface area contributed by atoms with Gasteiger partial charge in [0.25, 0.3) is 0 Å². The van der Waals surface area contributed by atoms with Gasteiger partial charge in [-0.25, -0.2) is 0 Å². The lowest BCUT2D eigenvalue weighted by Crippen LogP contribution is -2.26. The molecule has 1 amide bonds. The molecule has 33 heavy (non-hydrogen) atoms. The molecule has 3 aromatic rings. The van der Waals surface area contributed by atoms with Crippen LogP contribution in [0.3, 0.4) is 0 Å². The lowest BCUT2D eigenvalue weighted by atomic mass is 10.2. The molecule has 1 unspecified atom stereocenters. The van der Waals surface area contributed by atoms with E-state index in [-0.39, 0.29) is 10.4 Å². The third-order valence-corrected chi connectivity index (χ3v) is 7.62. The van der Waals surface area contributed by atoms with Crippen molar-refractivity contribution in [2.45, 2.75) is 58.3 Å². The van der Waals surface area contributed by atoms with Gasteiger partial charge in [-0.05, 0) is 83.2 Å². The van der Waals surface area contributed by atoms with Crippen LogP contribution in [0.2, 0.25) is 0 Å². The predicted molar refractivity (Wildman–Crippen MR) is 125 cm³/mol. The molecule has 4 rings (SSSR count). The van der Waals surface area contributed by atoms with Crippen molar-refractivity contribution in [1.82, 2.24) is 19.6 Å². The highest BCUT2D eigenvalue weighted by Gasteiger charge is 2.43. The first-order chi connectivity index (χ1) is 15.5. The number of amides is 1. The summed E-state index contributed by atoms with van der Waals surface area (Å²) in [5, 5.41) is 11.1. The average molecular weight is 589 g/mol. The molecule has 6 nitrogen and oxygen atoms in total. The predicted octanol–water partition coefficient (Wildman–Crippen LogP) is 6.37. The number of anilines is 1. The molecule has 1 atom stereocenters. The van der Waals surface area contributed by atoms with Gasteiger partial charge in [-0.3, -0.25) is 14.2 Å². The van der Waals surface area contributed by atoms with Crippen LogP contribution in [-0.2, 0) is 17.5 Å². The standard InChI is InChI=1S/C22H22Br2F3N5O/c1-11-17(23)12(2)31(29-11)10-14-5-4-6-16(9-14)28-21(33)13(3)32-19(15-7-8-15)18(24)20(30-32)22(25,26)27/h4-6,9,13,15H,7-8,10H2,1-3H3,(H,28,33). The van der Waals surface area contributed by atoms with Crippen LogP contribution in [0.15, 0.2) is 33.2 Å². The number of carbonyl (C=O) groups is 1. The molecule has 1 fully saturated rings. The Morgan fingerprint density at radius 1 is 1.21 bits per heavy atom. The van der Waals surface area contributed by atoms with E-state index in [1.54, 1.807) is 13.0 Å². The van der Waals surface area contributed by atoms with Gasteiger partial charge in [0.05, 0.1) is 32.6 Å². The Balaban J connectivity index is 1.54. The van der Waals surface area contributed by atoms with Gasteiger partial charge >= 0.3 is 6.18 Å². The van der Waals surface area contributed by atoms with Gasteiger partial charge in [-0.15, -0.1) is 0 Å². The number of nitrogens with zero attached hydrogens (tertiary/aromatic N) is 4. The van der Waals surface area contributed by atoms with Gasteiger partial charge in [0, 0.05) is 11.6 Å². The van der Waals surface area contributed by atoms with Gasteiger partial charge in [0.15, 0.2) is 5.69 Å². The number of hydrogen-bond acceptors (Lipinski definition) is 3. The van der Waals surface area contributed by atoms with Crippen LogP contribution in [-0.4, -0.2) is 25.5 Å². The number of alkyl halides is 3. The molecule has 1 aliphatic rings. The number of rotatable bonds is 6. The molecule has 1 saturated carbocycles. The Kier molecular flexibility index (Phi) is 6.47. The Hall–Kier alpha value is -2.14. The zero-order chi connectivity index (χ0) is 24.1. The summed E-state index contributed by atoms with van der Waals surface area (Å²) in [7, 11) is 0. The van der Waals surface area contributed by atoms with Crippen molar-refractivity contribution in [3.63, 3.8) is 0 Å². The number of hydrogen-bond donors (Lipinski definition) is 1. The quantitative estimate of drug-likeness (QED) is 0.364. The maximum atomic E-state index is 13.4. The fourth-order valence-electron chi connectivity index (χ4n) is 3.73. The molecule has 1 N–H and O–H groups in total. The highest BCUT2D eigenvalue weighted by atomic mass is 79.9. The third-order valence-electron chi connectivity index (χ3n) is 5.69. The Bertz CT molecular complexity index is 1210. The minimum Gasteiger partial charge on any atom is -0.324 e. The van der Waals surface area contributed by atoms with E-state index in [0.717, 1.165) is 34.3 Å². The van der Waals surface area contributed by atoms with Crippen molar-refractivity contribution in [1.29, 1.82) is 0 Å². The van der Waals surface area contributed by atoms with Gasteiger partial charge in [-0.2, -0.15) is 23.4 Å². The van der Waals surface area contributed by atoms with E-state index in [1.807, 2.05) is 36.7 Å². The molecular formula is C22H22Br2F3N5O. The van der Waals surface area contributed by atoms with E-state index in [4.69, 9.17) is 0 Å². The van der Waals surface area contributed by atoms with Crippen molar-refractivity contribution in [2.75, 3.05) is 5.32 Å². The monoisotopic (exact) mass is 587 g/mol. The van der Waals surface area contributed by atoms with Gasteiger partial charge in [0.1, 0.15) is 6.04 Å². The molecular weight excluding hydrogens is 567 g/mol. The van der Waals surface area contributed by atoms with Crippen LogP contribution in [0.4, 0.5) is 18.9 Å². The maximum absolute atomic E-state index is 13.4. The van der Waals surface area contributed by atoms with Crippen LogP contribution in [0.5, 0.6) is 0 Å². The van der Waals surface area contributed by atoms with Gasteiger partial charge in [0.2, 0.25) is 5.91 Å². The zero-order valence-electron chi connectivity index (χ0n) is 18.2. The van der Waals surface area contributed by atoms with E-state index in [9.17, 15) is 18.0 Å². The minimum atomic E-state index is -4.60. The summed E-state index contributed by atoms with van der Waals surface area (Å²) in [4.78, 5) is 13.0.